The zero-order chi connectivity index (χ0) is 29.3. The van der Waals surface area contributed by atoms with Crippen molar-refractivity contribution < 1.29 is 22.7 Å². The number of sulfonamides is 1. The number of ether oxygens (including phenoxy) is 1. The fraction of sp³-hybridized carbons (Fsp3) is 0.333. The van der Waals surface area contributed by atoms with Crippen LogP contribution in [0, 0.1) is 0 Å². The van der Waals surface area contributed by atoms with Crippen molar-refractivity contribution in [3.63, 3.8) is 0 Å². The minimum atomic E-state index is -4.10. The molecule has 0 radical (unpaired) electrons. The van der Waals surface area contributed by atoms with Gasteiger partial charge in [0.2, 0.25) is 11.8 Å². The van der Waals surface area contributed by atoms with Crippen LogP contribution in [-0.2, 0) is 26.2 Å². The minimum absolute atomic E-state index is 0.0617. The molecule has 0 aliphatic carbocycles. The van der Waals surface area contributed by atoms with E-state index in [9.17, 15) is 18.0 Å². The average Bonchev–Trinajstić information content (AvgIpc) is 2.96. The zero-order valence-corrected chi connectivity index (χ0v) is 25.6. The highest BCUT2D eigenvalue weighted by atomic mass is 79.9. The molecule has 0 spiro atoms. The first-order valence-corrected chi connectivity index (χ1v) is 15.4. The van der Waals surface area contributed by atoms with Crippen molar-refractivity contribution in [3.05, 3.63) is 88.9 Å². The SMILES string of the molecule is CC[C@H](C)NC(=O)[C@H](CC)N(Cc1cccc(OC)c1)C(=O)CN(c1ccc(Br)cc1)S(=O)(=O)c1ccccc1. The first-order chi connectivity index (χ1) is 19.1. The van der Waals surface area contributed by atoms with Crippen molar-refractivity contribution in [2.45, 2.75) is 57.1 Å². The number of amides is 2. The fourth-order valence-corrected chi connectivity index (χ4v) is 5.88. The average molecular weight is 631 g/mol. The lowest BCUT2D eigenvalue weighted by Crippen LogP contribution is -2.53. The second-order valence-corrected chi connectivity index (χ2v) is 12.2. The van der Waals surface area contributed by atoms with Gasteiger partial charge in [-0.3, -0.25) is 13.9 Å². The summed E-state index contributed by atoms with van der Waals surface area (Å²) in [7, 11) is -2.55. The van der Waals surface area contributed by atoms with Gasteiger partial charge in [-0.05, 0) is 73.9 Å². The first kappa shape index (κ1) is 31.2. The lowest BCUT2D eigenvalue weighted by Gasteiger charge is -2.33. The quantitative estimate of drug-likeness (QED) is 0.274. The third kappa shape index (κ3) is 7.85. The lowest BCUT2D eigenvalue weighted by molar-refractivity contribution is -0.140. The van der Waals surface area contributed by atoms with E-state index in [0.29, 0.717) is 17.9 Å². The Hall–Kier alpha value is -3.37. The number of rotatable bonds is 13. The number of carbonyl (C=O) groups is 2. The van der Waals surface area contributed by atoms with Crippen LogP contribution in [0.1, 0.15) is 39.2 Å². The number of carbonyl (C=O) groups excluding carboxylic acids is 2. The minimum Gasteiger partial charge on any atom is -0.497 e. The van der Waals surface area contributed by atoms with Gasteiger partial charge in [-0.1, -0.05) is 60.1 Å². The molecule has 0 heterocycles. The van der Waals surface area contributed by atoms with Crippen LogP contribution in [0.4, 0.5) is 5.69 Å². The van der Waals surface area contributed by atoms with E-state index in [1.54, 1.807) is 61.7 Å². The van der Waals surface area contributed by atoms with Crippen LogP contribution in [0.25, 0.3) is 0 Å². The molecule has 2 atom stereocenters. The highest BCUT2D eigenvalue weighted by Crippen LogP contribution is 2.26. The van der Waals surface area contributed by atoms with Crippen molar-refractivity contribution in [1.29, 1.82) is 0 Å². The standard InChI is InChI=1S/C30H36BrN3O5S/c1-5-22(3)32-30(36)28(6-2)33(20-23-11-10-12-26(19-23)39-4)29(35)21-34(25-17-15-24(31)16-18-25)40(37,38)27-13-8-7-9-14-27/h7-19,22,28H,5-6,20-21H2,1-4H3,(H,32,36)/t22-,28-/m0/s1. The van der Waals surface area contributed by atoms with Crippen LogP contribution in [0.2, 0.25) is 0 Å². The summed E-state index contributed by atoms with van der Waals surface area (Å²) in [6.07, 6.45) is 1.08. The van der Waals surface area contributed by atoms with Crippen molar-refractivity contribution >= 4 is 43.5 Å². The summed E-state index contributed by atoms with van der Waals surface area (Å²) in [5.41, 5.74) is 1.09. The van der Waals surface area contributed by atoms with Crippen molar-refractivity contribution in [2.75, 3.05) is 18.0 Å². The van der Waals surface area contributed by atoms with E-state index < -0.39 is 28.5 Å². The Bertz CT molecular complexity index is 1380. The molecule has 3 aromatic rings. The Balaban J connectivity index is 2.05. The summed E-state index contributed by atoms with van der Waals surface area (Å²) >= 11 is 3.38. The van der Waals surface area contributed by atoms with Crippen LogP contribution in [0.15, 0.2) is 88.2 Å². The number of nitrogens with one attached hydrogen (secondary N) is 1. The second-order valence-electron chi connectivity index (χ2n) is 9.42. The summed E-state index contributed by atoms with van der Waals surface area (Å²) < 4.78 is 34.9. The van der Waals surface area contributed by atoms with Gasteiger partial charge >= 0.3 is 0 Å². The Morgan fingerprint density at radius 2 is 1.62 bits per heavy atom. The molecule has 0 saturated carbocycles. The van der Waals surface area contributed by atoms with E-state index in [1.165, 1.54) is 17.0 Å². The molecule has 0 aromatic heterocycles. The monoisotopic (exact) mass is 629 g/mol. The predicted octanol–water partition coefficient (Wildman–Crippen LogP) is 5.38. The van der Waals surface area contributed by atoms with Crippen molar-refractivity contribution in [3.8, 4) is 5.75 Å². The van der Waals surface area contributed by atoms with E-state index in [2.05, 4.69) is 21.2 Å². The van der Waals surface area contributed by atoms with Crippen LogP contribution in [-0.4, -0.2) is 50.9 Å². The summed E-state index contributed by atoms with van der Waals surface area (Å²) in [5, 5.41) is 2.98. The van der Waals surface area contributed by atoms with E-state index in [1.807, 2.05) is 32.9 Å². The number of nitrogens with zero attached hydrogens (tertiary/aromatic N) is 2. The highest BCUT2D eigenvalue weighted by Gasteiger charge is 2.34. The smallest absolute Gasteiger partial charge is 0.264 e. The molecule has 0 aliphatic heterocycles. The Morgan fingerprint density at radius 1 is 0.950 bits per heavy atom. The van der Waals surface area contributed by atoms with Gasteiger partial charge in [0, 0.05) is 17.1 Å². The molecule has 2 amide bonds. The topological polar surface area (TPSA) is 96.0 Å². The summed E-state index contributed by atoms with van der Waals surface area (Å²) in [6, 6.07) is 21.1. The maximum Gasteiger partial charge on any atom is 0.264 e. The lowest BCUT2D eigenvalue weighted by atomic mass is 10.1. The summed E-state index contributed by atoms with van der Waals surface area (Å²) in [4.78, 5) is 29.0. The molecule has 3 aromatic carbocycles. The maximum atomic E-state index is 14.1. The number of anilines is 1. The van der Waals surface area contributed by atoms with Gasteiger partial charge in [0.15, 0.2) is 0 Å². The van der Waals surface area contributed by atoms with Crippen LogP contribution >= 0.6 is 15.9 Å². The molecule has 0 aliphatic rings. The van der Waals surface area contributed by atoms with Crippen LogP contribution < -0.4 is 14.4 Å². The second kappa shape index (κ2) is 14.3. The molecule has 0 saturated heterocycles. The van der Waals surface area contributed by atoms with E-state index in [4.69, 9.17) is 4.74 Å². The van der Waals surface area contributed by atoms with Gasteiger partial charge < -0.3 is 15.0 Å². The number of methoxy groups -OCH3 is 1. The van der Waals surface area contributed by atoms with Gasteiger partial charge in [0.05, 0.1) is 17.7 Å². The molecule has 0 fully saturated rings. The Morgan fingerprint density at radius 3 is 2.23 bits per heavy atom. The van der Waals surface area contributed by atoms with Gasteiger partial charge in [0.25, 0.3) is 10.0 Å². The molecule has 10 heteroatoms. The molecule has 0 bridgehead atoms. The summed E-state index contributed by atoms with van der Waals surface area (Å²) in [6.45, 7) is 5.31. The van der Waals surface area contributed by atoms with Gasteiger partial charge in [-0.25, -0.2) is 8.42 Å². The summed E-state index contributed by atoms with van der Waals surface area (Å²) in [5.74, 6) is -0.171. The van der Waals surface area contributed by atoms with E-state index in [0.717, 1.165) is 20.8 Å². The fourth-order valence-electron chi connectivity index (χ4n) is 4.18. The molecular formula is C30H36BrN3O5S. The molecule has 214 valence electrons. The molecule has 1 N–H and O–H groups in total. The number of benzene rings is 3. The van der Waals surface area contributed by atoms with Gasteiger partial charge in [0.1, 0.15) is 18.3 Å². The first-order valence-electron chi connectivity index (χ1n) is 13.2. The largest absolute Gasteiger partial charge is 0.497 e. The normalized spacial score (nSPS) is 12.7. The molecule has 0 unspecified atom stereocenters. The number of hydrogen-bond acceptors (Lipinski definition) is 5. The zero-order valence-electron chi connectivity index (χ0n) is 23.2. The maximum absolute atomic E-state index is 14.1. The van der Waals surface area contributed by atoms with Crippen LogP contribution in [0.5, 0.6) is 5.75 Å². The van der Waals surface area contributed by atoms with Crippen molar-refractivity contribution in [2.24, 2.45) is 0 Å². The van der Waals surface area contributed by atoms with E-state index >= 15 is 0 Å². The third-order valence-corrected chi connectivity index (χ3v) is 8.92. The predicted molar refractivity (Wildman–Crippen MR) is 161 cm³/mol. The van der Waals surface area contributed by atoms with Gasteiger partial charge in [-0.15, -0.1) is 0 Å². The molecule has 8 nitrogen and oxygen atoms in total. The number of halogens is 1. The molecule has 3 rings (SSSR count). The number of hydrogen-bond donors (Lipinski definition) is 1. The van der Waals surface area contributed by atoms with Crippen LogP contribution in [0.3, 0.4) is 0 Å². The highest BCUT2D eigenvalue weighted by molar-refractivity contribution is 9.10. The molecule has 40 heavy (non-hydrogen) atoms. The Kier molecular flexibility index (Phi) is 11.2. The van der Waals surface area contributed by atoms with Crippen molar-refractivity contribution in [1.82, 2.24) is 10.2 Å². The van der Waals surface area contributed by atoms with Gasteiger partial charge in [-0.2, -0.15) is 0 Å². The third-order valence-electron chi connectivity index (χ3n) is 6.60. The Labute approximate surface area is 245 Å². The van der Waals surface area contributed by atoms with E-state index in [-0.39, 0.29) is 23.4 Å². The molecular weight excluding hydrogens is 594 g/mol.